The Labute approximate surface area is 190 Å². The van der Waals surface area contributed by atoms with Gasteiger partial charge in [0.25, 0.3) is 0 Å². The van der Waals surface area contributed by atoms with Crippen LogP contribution in [0.1, 0.15) is 80.1 Å². The molecule has 2 fully saturated rings. The fourth-order valence-corrected chi connectivity index (χ4v) is 5.90. The van der Waals surface area contributed by atoms with Gasteiger partial charge in [-0.3, -0.25) is 4.79 Å². The summed E-state index contributed by atoms with van der Waals surface area (Å²) in [5.41, 5.74) is 4.16. The Kier molecular flexibility index (Phi) is 6.09. The van der Waals surface area contributed by atoms with Crippen molar-refractivity contribution in [3.8, 4) is 11.5 Å². The van der Waals surface area contributed by atoms with E-state index >= 15 is 0 Å². The van der Waals surface area contributed by atoms with Crippen LogP contribution >= 0.6 is 0 Å². The van der Waals surface area contributed by atoms with E-state index in [0.717, 1.165) is 66.8 Å². The molecule has 0 saturated heterocycles. The van der Waals surface area contributed by atoms with Crippen molar-refractivity contribution in [3.05, 3.63) is 53.1 Å². The number of benzene rings is 2. The summed E-state index contributed by atoms with van der Waals surface area (Å²) in [5, 5.41) is 3.14. The predicted octanol–water partition coefficient (Wildman–Crippen LogP) is 5.98. The molecule has 0 spiro atoms. The molecule has 2 aliphatic carbocycles. The van der Waals surface area contributed by atoms with Crippen molar-refractivity contribution in [2.24, 2.45) is 5.92 Å². The first kappa shape index (κ1) is 21.3. The largest absolute Gasteiger partial charge is 0.496 e. The predicted molar refractivity (Wildman–Crippen MR) is 125 cm³/mol. The number of ether oxygens (including phenoxy) is 3. The van der Waals surface area contributed by atoms with Crippen LogP contribution < -0.4 is 14.8 Å². The zero-order chi connectivity index (χ0) is 22.1. The first-order valence-corrected chi connectivity index (χ1v) is 12.0. The van der Waals surface area contributed by atoms with E-state index in [9.17, 15) is 4.79 Å². The van der Waals surface area contributed by atoms with Crippen molar-refractivity contribution in [3.63, 3.8) is 0 Å². The van der Waals surface area contributed by atoms with Gasteiger partial charge < -0.3 is 19.5 Å². The van der Waals surface area contributed by atoms with Crippen molar-refractivity contribution >= 4 is 11.6 Å². The van der Waals surface area contributed by atoms with Gasteiger partial charge in [0.1, 0.15) is 17.6 Å². The monoisotopic (exact) mass is 435 g/mol. The molecule has 2 aromatic rings. The summed E-state index contributed by atoms with van der Waals surface area (Å²) in [6.45, 7) is 0. The number of carbonyl (C=O) groups is 1. The molecule has 1 heterocycles. The van der Waals surface area contributed by atoms with Crippen molar-refractivity contribution in [1.82, 2.24) is 0 Å². The van der Waals surface area contributed by atoms with Gasteiger partial charge in [-0.1, -0.05) is 37.8 Å². The second-order valence-corrected chi connectivity index (χ2v) is 9.34. The van der Waals surface area contributed by atoms with E-state index in [0.29, 0.717) is 5.92 Å². The SMILES string of the molecule is COc1ccc(OC)c2c1[C@@H](c1cccc(NC(=O)C3CCCC3)c1)O[C@H]1CCCC[C@@H]21. The van der Waals surface area contributed by atoms with Crippen LogP contribution in [-0.4, -0.2) is 26.2 Å². The van der Waals surface area contributed by atoms with Crippen LogP contribution in [0.25, 0.3) is 0 Å². The highest BCUT2D eigenvalue weighted by molar-refractivity contribution is 5.92. The molecule has 0 aromatic heterocycles. The Morgan fingerprint density at radius 3 is 2.34 bits per heavy atom. The maximum absolute atomic E-state index is 12.7. The molecule has 32 heavy (non-hydrogen) atoms. The lowest BCUT2D eigenvalue weighted by Gasteiger charge is -2.42. The average Bonchev–Trinajstić information content (AvgIpc) is 3.38. The zero-order valence-corrected chi connectivity index (χ0v) is 19.1. The standard InChI is InChI=1S/C27H33NO4/c1-30-22-14-15-23(31-2)25-24(22)20-12-5-6-13-21(20)32-26(25)18-10-7-11-19(16-18)28-27(29)17-8-3-4-9-17/h7,10-11,14-17,20-21,26H,3-6,8-9,12-13H2,1-2H3,(H,28,29)/t20-,21+,26-/m1/s1. The molecule has 0 unspecified atom stereocenters. The summed E-state index contributed by atoms with van der Waals surface area (Å²) >= 11 is 0. The summed E-state index contributed by atoms with van der Waals surface area (Å²) in [5.74, 6) is 2.34. The lowest BCUT2D eigenvalue weighted by atomic mass is 9.75. The number of nitrogens with one attached hydrogen (secondary N) is 1. The van der Waals surface area contributed by atoms with Crippen LogP contribution in [0.2, 0.25) is 0 Å². The number of hydrogen-bond acceptors (Lipinski definition) is 4. The maximum Gasteiger partial charge on any atom is 0.227 e. The van der Waals surface area contributed by atoms with E-state index in [-0.39, 0.29) is 24.0 Å². The normalized spacial score (nSPS) is 25.0. The third kappa shape index (κ3) is 3.88. The number of fused-ring (bicyclic) bond motifs is 3. The van der Waals surface area contributed by atoms with Gasteiger partial charge in [-0.05, 0) is 55.5 Å². The molecule has 3 aliphatic rings. The Morgan fingerprint density at radius 1 is 0.906 bits per heavy atom. The third-order valence-electron chi connectivity index (χ3n) is 7.48. The molecular weight excluding hydrogens is 402 g/mol. The van der Waals surface area contributed by atoms with Crippen LogP contribution in [-0.2, 0) is 9.53 Å². The van der Waals surface area contributed by atoms with Crippen molar-refractivity contribution in [2.45, 2.75) is 69.5 Å². The van der Waals surface area contributed by atoms with Crippen molar-refractivity contribution in [1.29, 1.82) is 0 Å². The van der Waals surface area contributed by atoms with E-state index in [1.54, 1.807) is 14.2 Å². The molecular formula is C27H33NO4. The fourth-order valence-electron chi connectivity index (χ4n) is 5.90. The minimum Gasteiger partial charge on any atom is -0.496 e. The zero-order valence-electron chi connectivity index (χ0n) is 19.1. The molecule has 1 amide bonds. The van der Waals surface area contributed by atoms with Gasteiger partial charge in [0, 0.05) is 28.7 Å². The number of rotatable bonds is 5. The fraction of sp³-hybridized carbons (Fsp3) is 0.519. The summed E-state index contributed by atoms with van der Waals surface area (Å²) in [6.07, 6.45) is 8.74. The highest BCUT2D eigenvalue weighted by atomic mass is 16.5. The maximum atomic E-state index is 12.7. The van der Waals surface area contributed by atoms with E-state index in [4.69, 9.17) is 14.2 Å². The molecule has 5 nitrogen and oxygen atoms in total. The first-order valence-electron chi connectivity index (χ1n) is 12.0. The van der Waals surface area contributed by atoms with E-state index in [1.165, 1.54) is 18.4 Å². The second-order valence-electron chi connectivity index (χ2n) is 9.34. The van der Waals surface area contributed by atoms with Gasteiger partial charge in [-0.25, -0.2) is 0 Å². The average molecular weight is 436 g/mol. The minimum absolute atomic E-state index is 0.135. The molecule has 1 N–H and O–H groups in total. The van der Waals surface area contributed by atoms with Crippen LogP contribution in [0.3, 0.4) is 0 Å². The highest BCUT2D eigenvalue weighted by Gasteiger charge is 2.41. The van der Waals surface area contributed by atoms with Crippen LogP contribution in [0.4, 0.5) is 5.69 Å². The second kappa shape index (κ2) is 9.14. The molecule has 170 valence electrons. The molecule has 3 atom stereocenters. The first-order chi connectivity index (χ1) is 15.7. The van der Waals surface area contributed by atoms with Gasteiger partial charge in [0.2, 0.25) is 5.91 Å². The highest BCUT2D eigenvalue weighted by Crippen LogP contribution is 2.53. The Morgan fingerprint density at radius 2 is 1.59 bits per heavy atom. The van der Waals surface area contributed by atoms with Crippen LogP contribution in [0.5, 0.6) is 11.5 Å². The molecule has 5 rings (SSSR count). The minimum atomic E-state index is -0.252. The lowest BCUT2D eigenvalue weighted by Crippen LogP contribution is -2.34. The smallest absolute Gasteiger partial charge is 0.227 e. The van der Waals surface area contributed by atoms with Crippen molar-refractivity contribution in [2.75, 3.05) is 19.5 Å². The molecule has 2 aromatic carbocycles. The number of carbonyl (C=O) groups excluding carboxylic acids is 1. The molecule has 0 bridgehead atoms. The van der Waals surface area contributed by atoms with E-state index < -0.39 is 0 Å². The summed E-state index contributed by atoms with van der Waals surface area (Å²) in [6, 6.07) is 12.1. The summed E-state index contributed by atoms with van der Waals surface area (Å²) in [4.78, 5) is 12.7. The number of methoxy groups -OCH3 is 2. The number of hydrogen-bond donors (Lipinski definition) is 1. The molecule has 2 saturated carbocycles. The number of amides is 1. The molecule has 0 radical (unpaired) electrons. The third-order valence-corrected chi connectivity index (χ3v) is 7.48. The van der Waals surface area contributed by atoms with Crippen LogP contribution in [0.15, 0.2) is 36.4 Å². The van der Waals surface area contributed by atoms with Gasteiger partial charge in [0.15, 0.2) is 0 Å². The Bertz CT molecular complexity index is 982. The summed E-state index contributed by atoms with van der Waals surface area (Å²) < 4.78 is 18.4. The lowest BCUT2D eigenvalue weighted by molar-refractivity contribution is -0.119. The number of anilines is 1. The van der Waals surface area contributed by atoms with Gasteiger partial charge in [-0.15, -0.1) is 0 Å². The molecule has 5 heteroatoms. The Hall–Kier alpha value is -2.53. The van der Waals surface area contributed by atoms with E-state index in [1.807, 2.05) is 24.3 Å². The quantitative estimate of drug-likeness (QED) is 0.628. The molecule has 1 aliphatic heterocycles. The van der Waals surface area contributed by atoms with Crippen LogP contribution in [0, 0.1) is 5.92 Å². The summed E-state index contributed by atoms with van der Waals surface area (Å²) in [7, 11) is 3.45. The van der Waals surface area contributed by atoms with Gasteiger partial charge in [0.05, 0.1) is 20.3 Å². The van der Waals surface area contributed by atoms with Crippen molar-refractivity contribution < 1.29 is 19.0 Å². The Balaban J connectivity index is 1.53. The van der Waals surface area contributed by atoms with Gasteiger partial charge >= 0.3 is 0 Å². The van der Waals surface area contributed by atoms with E-state index in [2.05, 4.69) is 17.4 Å². The van der Waals surface area contributed by atoms with Gasteiger partial charge in [-0.2, -0.15) is 0 Å². The topological polar surface area (TPSA) is 56.8 Å².